The van der Waals surface area contributed by atoms with Crippen molar-refractivity contribution < 1.29 is 13.9 Å². The van der Waals surface area contributed by atoms with E-state index in [2.05, 4.69) is 32.1 Å². The summed E-state index contributed by atoms with van der Waals surface area (Å²) in [4.78, 5) is 13.8. The molecule has 1 aromatic heterocycles. The van der Waals surface area contributed by atoms with E-state index in [1.807, 2.05) is 12.1 Å². The third kappa shape index (κ3) is 6.80. The lowest BCUT2D eigenvalue weighted by Gasteiger charge is -2.30. The zero-order valence-electron chi connectivity index (χ0n) is 21.4. The van der Waals surface area contributed by atoms with E-state index >= 15 is 0 Å². The lowest BCUT2D eigenvalue weighted by molar-refractivity contribution is 0.115. The van der Waals surface area contributed by atoms with Gasteiger partial charge in [0, 0.05) is 37.5 Å². The summed E-state index contributed by atoms with van der Waals surface area (Å²) in [5.74, 6) is 1.53. The number of hydrogen-bond donors (Lipinski definition) is 1. The SMILES string of the molecule is CN1CCC(Oc2cc(OCCN3CCCCCC3)cc3ncnc(Nc4ccc(F)c(Cl)c4)c23)CC1. The molecule has 3 aromatic rings. The van der Waals surface area contributed by atoms with E-state index in [1.54, 1.807) is 12.1 Å². The highest BCUT2D eigenvalue weighted by Gasteiger charge is 2.21. The van der Waals surface area contributed by atoms with Crippen LogP contribution in [0.1, 0.15) is 38.5 Å². The smallest absolute Gasteiger partial charge is 0.145 e. The Hall–Kier alpha value is -2.68. The molecule has 0 saturated carbocycles. The monoisotopic (exact) mass is 527 g/mol. The fraction of sp³-hybridized carbons (Fsp3) is 0.500. The molecule has 9 heteroatoms. The van der Waals surface area contributed by atoms with Gasteiger partial charge in [-0.15, -0.1) is 0 Å². The highest BCUT2D eigenvalue weighted by atomic mass is 35.5. The van der Waals surface area contributed by atoms with Crippen molar-refractivity contribution >= 4 is 34.0 Å². The molecule has 3 heterocycles. The van der Waals surface area contributed by atoms with Crippen LogP contribution in [0.25, 0.3) is 10.9 Å². The molecule has 2 saturated heterocycles. The van der Waals surface area contributed by atoms with Gasteiger partial charge in [-0.25, -0.2) is 14.4 Å². The predicted octanol–water partition coefficient (Wildman–Crippen LogP) is 5.89. The van der Waals surface area contributed by atoms with Gasteiger partial charge in [0.25, 0.3) is 0 Å². The van der Waals surface area contributed by atoms with E-state index in [0.717, 1.165) is 62.2 Å². The van der Waals surface area contributed by atoms with Gasteiger partial charge in [0.15, 0.2) is 0 Å². The maximum atomic E-state index is 13.7. The first-order valence-electron chi connectivity index (χ1n) is 13.3. The van der Waals surface area contributed by atoms with Crippen LogP contribution in [0.5, 0.6) is 11.5 Å². The number of halogens is 2. The second-order valence-electron chi connectivity index (χ2n) is 10.0. The number of aromatic nitrogens is 2. The molecule has 5 rings (SSSR count). The molecule has 0 radical (unpaired) electrons. The van der Waals surface area contributed by atoms with Gasteiger partial charge in [0.2, 0.25) is 0 Å². The average molecular weight is 528 g/mol. The topological polar surface area (TPSA) is 62.8 Å². The summed E-state index contributed by atoms with van der Waals surface area (Å²) < 4.78 is 26.5. The summed E-state index contributed by atoms with van der Waals surface area (Å²) in [5, 5.41) is 4.09. The normalized spacial score (nSPS) is 18.0. The molecule has 198 valence electrons. The van der Waals surface area contributed by atoms with Crippen molar-refractivity contribution in [2.45, 2.75) is 44.6 Å². The Morgan fingerprint density at radius 2 is 1.81 bits per heavy atom. The van der Waals surface area contributed by atoms with Crippen LogP contribution in [0, 0.1) is 5.82 Å². The van der Waals surface area contributed by atoms with Crippen molar-refractivity contribution in [2.24, 2.45) is 0 Å². The number of piperidine rings is 1. The third-order valence-electron chi connectivity index (χ3n) is 7.19. The molecule has 37 heavy (non-hydrogen) atoms. The number of ether oxygens (including phenoxy) is 2. The van der Waals surface area contributed by atoms with Crippen molar-refractivity contribution in [2.75, 3.05) is 51.7 Å². The first kappa shape index (κ1) is 25.9. The van der Waals surface area contributed by atoms with E-state index in [-0.39, 0.29) is 11.1 Å². The van der Waals surface area contributed by atoms with Crippen LogP contribution in [-0.4, -0.2) is 72.3 Å². The maximum Gasteiger partial charge on any atom is 0.145 e. The number of benzene rings is 2. The van der Waals surface area contributed by atoms with E-state index in [9.17, 15) is 4.39 Å². The molecule has 0 unspecified atom stereocenters. The zero-order valence-corrected chi connectivity index (χ0v) is 22.1. The van der Waals surface area contributed by atoms with Gasteiger partial charge in [-0.3, -0.25) is 4.90 Å². The molecule has 7 nitrogen and oxygen atoms in total. The van der Waals surface area contributed by atoms with E-state index in [0.29, 0.717) is 23.9 Å². The van der Waals surface area contributed by atoms with Crippen LogP contribution in [-0.2, 0) is 0 Å². The molecule has 0 spiro atoms. The Bertz CT molecular complexity index is 1200. The number of rotatable bonds is 8. The van der Waals surface area contributed by atoms with Gasteiger partial charge < -0.3 is 19.7 Å². The van der Waals surface area contributed by atoms with Gasteiger partial charge in [-0.1, -0.05) is 24.4 Å². The molecule has 2 fully saturated rings. The highest BCUT2D eigenvalue weighted by Crippen LogP contribution is 2.37. The van der Waals surface area contributed by atoms with Gasteiger partial charge in [-0.05, 0) is 64.0 Å². The van der Waals surface area contributed by atoms with Crippen molar-refractivity contribution in [1.82, 2.24) is 19.8 Å². The lowest BCUT2D eigenvalue weighted by atomic mass is 10.1. The molecule has 2 aromatic carbocycles. The summed E-state index contributed by atoms with van der Waals surface area (Å²) in [6, 6.07) is 8.40. The summed E-state index contributed by atoms with van der Waals surface area (Å²) in [6.07, 6.45) is 8.66. The second kappa shape index (κ2) is 12.2. The van der Waals surface area contributed by atoms with Crippen LogP contribution < -0.4 is 14.8 Å². The minimum atomic E-state index is -0.465. The Morgan fingerprint density at radius 1 is 1.03 bits per heavy atom. The number of fused-ring (bicyclic) bond motifs is 1. The average Bonchev–Trinajstić information content (AvgIpc) is 3.17. The first-order valence-corrected chi connectivity index (χ1v) is 13.6. The molecule has 2 aliphatic rings. The van der Waals surface area contributed by atoms with E-state index in [4.69, 9.17) is 21.1 Å². The summed E-state index contributed by atoms with van der Waals surface area (Å²) >= 11 is 6.01. The van der Waals surface area contributed by atoms with Gasteiger partial charge in [0.05, 0.1) is 15.9 Å². The standard InChI is InChI=1S/C28H35ClFN5O2/c1-34-12-8-21(9-13-34)37-26-18-22(36-15-14-35-10-4-2-3-5-11-35)17-25-27(26)28(32-19-31-25)33-20-6-7-24(30)23(29)16-20/h6-7,16-19,21H,2-5,8-15H2,1H3,(H,31,32,33). The molecule has 0 amide bonds. The Kier molecular flexibility index (Phi) is 8.59. The van der Waals surface area contributed by atoms with Crippen LogP contribution in [0.4, 0.5) is 15.9 Å². The predicted molar refractivity (Wildman–Crippen MR) is 146 cm³/mol. The summed E-state index contributed by atoms with van der Waals surface area (Å²) in [6.45, 7) is 5.78. The summed E-state index contributed by atoms with van der Waals surface area (Å²) in [7, 11) is 2.13. The molecule has 1 N–H and O–H groups in total. The number of likely N-dealkylation sites (tertiary alicyclic amines) is 2. The van der Waals surface area contributed by atoms with Crippen LogP contribution in [0.3, 0.4) is 0 Å². The molecular formula is C28H35ClFN5O2. The zero-order chi connectivity index (χ0) is 25.6. The van der Waals surface area contributed by atoms with Crippen molar-refractivity contribution in [3.8, 4) is 11.5 Å². The Labute approximate surface area is 222 Å². The fourth-order valence-corrected chi connectivity index (χ4v) is 5.23. The number of hydrogen-bond acceptors (Lipinski definition) is 7. The number of nitrogens with zero attached hydrogens (tertiary/aromatic N) is 4. The largest absolute Gasteiger partial charge is 0.492 e. The first-order chi connectivity index (χ1) is 18.0. The van der Waals surface area contributed by atoms with Gasteiger partial charge in [-0.2, -0.15) is 0 Å². The number of anilines is 2. The molecule has 2 aliphatic heterocycles. The maximum absolute atomic E-state index is 13.7. The molecule has 0 aliphatic carbocycles. The van der Waals surface area contributed by atoms with E-state index in [1.165, 1.54) is 38.1 Å². The molecular weight excluding hydrogens is 493 g/mol. The van der Waals surface area contributed by atoms with Crippen molar-refractivity contribution in [3.63, 3.8) is 0 Å². The summed E-state index contributed by atoms with van der Waals surface area (Å²) in [5.41, 5.74) is 1.36. The fourth-order valence-electron chi connectivity index (χ4n) is 5.05. The van der Waals surface area contributed by atoms with E-state index < -0.39 is 5.82 Å². The van der Waals surface area contributed by atoms with Crippen molar-refractivity contribution in [1.29, 1.82) is 0 Å². The quantitative estimate of drug-likeness (QED) is 0.391. The minimum Gasteiger partial charge on any atom is -0.492 e. The molecule has 0 atom stereocenters. The lowest BCUT2D eigenvalue weighted by Crippen LogP contribution is -2.35. The second-order valence-corrected chi connectivity index (χ2v) is 10.4. The van der Waals surface area contributed by atoms with Crippen LogP contribution in [0.2, 0.25) is 5.02 Å². The van der Waals surface area contributed by atoms with Gasteiger partial charge in [0.1, 0.15) is 42.2 Å². The van der Waals surface area contributed by atoms with Crippen molar-refractivity contribution in [3.05, 3.63) is 47.5 Å². The highest BCUT2D eigenvalue weighted by molar-refractivity contribution is 6.31. The van der Waals surface area contributed by atoms with Crippen LogP contribution in [0.15, 0.2) is 36.7 Å². The van der Waals surface area contributed by atoms with Crippen LogP contribution >= 0.6 is 11.6 Å². The Balaban J connectivity index is 1.41. The van der Waals surface area contributed by atoms with Gasteiger partial charge >= 0.3 is 0 Å². The third-order valence-corrected chi connectivity index (χ3v) is 7.48. The molecule has 0 bridgehead atoms. The minimum absolute atomic E-state index is 0.0475. The Morgan fingerprint density at radius 3 is 2.57 bits per heavy atom. The number of nitrogens with one attached hydrogen (secondary N) is 1.